The van der Waals surface area contributed by atoms with Crippen molar-refractivity contribution in [1.29, 1.82) is 0 Å². The third-order valence-electron chi connectivity index (χ3n) is 2.59. The van der Waals surface area contributed by atoms with Gasteiger partial charge in [-0.15, -0.1) is 0 Å². The Balaban J connectivity index is 2.11. The molecular weight excluding hydrogens is 313 g/mol. The molecule has 0 bridgehead atoms. The molecule has 2 aromatic rings. The number of nitrogens with two attached hydrogens (primary N) is 1. The van der Waals surface area contributed by atoms with E-state index in [0.717, 1.165) is 4.57 Å². The van der Waals surface area contributed by atoms with E-state index in [4.69, 9.17) is 20.3 Å². The number of nitrogens with zero attached hydrogens (tertiary/aromatic N) is 4. The van der Waals surface area contributed by atoms with Crippen LogP contribution in [0.2, 0.25) is 0 Å². The number of pyridine rings is 1. The van der Waals surface area contributed by atoms with Gasteiger partial charge in [0.2, 0.25) is 5.95 Å². The highest BCUT2D eigenvalue weighted by atomic mass is 31.2. The van der Waals surface area contributed by atoms with Crippen molar-refractivity contribution < 1.29 is 19.1 Å². The van der Waals surface area contributed by atoms with Gasteiger partial charge < -0.3 is 20.3 Å². The first kappa shape index (κ1) is 16.2. The van der Waals surface area contributed by atoms with Gasteiger partial charge in [-0.1, -0.05) is 0 Å². The van der Waals surface area contributed by atoms with E-state index in [0.29, 0.717) is 5.56 Å². The highest BCUT2D eigenvalue weighted by Gasteiger charge is 2.13. The minimum atomic E-state index is -4.24. The fraction of sp³-hybridized carbons (Fsp3) is 0.273. The van der Waals surface area contributed by atoms with Crippen LogP contribution in [0.15, 0.2) is 29.3 Å². The number of anilines is 1. The van der Waals surface area contributed by atoms with E-state index in [1.807, 2.05) is 0 Å². The Hall–Kier alpha value is -2.13. The fourth-order valence-corrected chi connectivity index (χ4v) is 1.99. The Morgan fingerprint density at radius 1 is 1.27 bits per heavy atom. The molecule has 0 spiro atoms. The van der Waals surface area contributed by atoms with E-state index < -0.39 is 19.6 Å². The lowest BCUT2D eigenvalue weighted by molar-refractivity contribution is 0.148. The number of nitrogen functional groups attached to an aromatic ring is 1. The van der Waals surface area contributed by atoms with Crippen LogP contribution in [-0.4, -0.2) is 42.3 Å². The largest absolute Gasteiger partial charge is 0.369 e. The summed E-state index contributed by atoms with van der Waals surface area (Å²) < 4.78 is 16.5. The van der Waals surface area contributed by atoms with Crippen molar-refractivity contribution in [3.8, 4) is 11.4 Å². The topological polar surface area (TPSA) is 153 Å². The van der Waals surface area contributed by atoms with E-state index >= 15 is 0 Å². The average molecular weight is 327 g/mol. The molecule has 0 aliphatic heterocycles. The molecule has 118 valence electrons. The third kappa shape index (κ3) is 4.43. The molecule has 2 rings (SSSR count). The van der Waals surface area contributed by atoms with Crippen molar-refractivity contribution in [1.82, 2.24) is 19.5 Å². The van der Waals surface area contributed by atoms with Crippen LogP contribution < -0.4 is 11.4 Å². The first-order chi connectivity index (χ1) is 10.4. The van der Waals surface area contributed by atoms with Gasteiger partial charge in [0, 0.05) is 18.0 Å². The second-order valence-corrected chi connectivity index (χ2v) is 5.87. The standard InChI is InChI=1S/C11H14N5O5P/c12-10-14-9(8-1-3-13-4-2-8)15-11(17)16(10)5-6-21-7-22(18,19)20/h1-4H,5-7H2,(H2,18,19,20)(H2,12,14,15,17). The van der Waals surface area contributed by atoms with Crippen LogP contribution >= 0.6 is 7.60 Å². The summed E-state index contributed by atoms with van der Waals surface area (Å²) in [5.74, 6) is 0.115. The fourth-order valence-electron chi connectivity index (χ4n) is 1.62. The third-order valence-corrected chi connectivity index (χ3v) is 3.11. The summed E-state index contributed by atoms with van der Waals surface area (Å²) in [6.45, 7) is -0.117. The van der Waals surface area contributed by atoms with E-state index in [1.54, 1.807) is 12.1 Å². The van der Waals surface area contributed by atoms with E-state index in [-0.39, 0.29) is 24.9 Å². The maximum Gasteiger partial charge on any atom is 0.352 e. The van der Waals surface area contributed by atoms with E-state index in [2.05, 4.69) is 15.0 Å². The van der Waals surface area contributed by atoms with Gasteiger partial charge in [-0.05, 0) is 12.1 Å². The predicted octanol–water partition coefficient (Wildman–Crippen LogP) is -0.566. The van der Waals surface area contributed by atoms with Crippen molar-refractivity contribution in [3.63, 3.8) is 0 Å². The molecule has 11 heteroatoms. The van der Waals surface area contributed by atoms with Crippen LogP contribution in [0.5, 0.6) is 0 Å². The summed E-state index contributed by atoms with van der Waals surface area (Å²) in [6.07, 6.45) is 2.35. The molecule has 4 N–H and O–H groups in total. The smallest absolute Gasteiger partial charge is 0.352 e. The summed E-state index contributed by atoms with van der Waals surface area (Å²) in [7, 11) is -4.24. The van der Waals surface area contributed by atoms with Gasteiger partial charge in [0.05, 0.1) is 13.2 Å². The normalized spacial score (nSPS) is 11.5. The molecule has 0 saturated heterocycles. The highest BCUT2D eigenvalue weighted by Crippen LogP contribution is 2.33. The van der Waals surface area contributed by atoms with Crippen molar-refractivity contribution in [2.24, 2.45) is 0 Å². The van der Waals surface area contributed by atoms with Crippen molar-refractivity contribution in [2.75, 3.05) is 18.7 Å². The maximum atomic E-state index is 11.9. The lowest BCUT2D eigenvalue weighted by atomic mass is 10.2. The lowest BCUT2D eigenvalue weighted by Crippen LogP contribution is -2.29. The molecular formula is C11H14N5O5P. The second-order valence-electron chi connectivity index (χ2n) is 4.28. The van der Waals surface area contributed by atoms with Gasteiger partial charge in [-0.3, -0.25) is 14.1 Å². The molecule has 10 nitrogen and oxygen atoms in total. The van der Waals surface area contributed by atoms with Gasteiger partial charge >= 0.3 is 13.3 Å². The number of rotatable bonds is 6. The molecule has 0 saturated carbocycles. The molecule has 0 aromatic carbocycles. The molecule has 0 aliphatic carbocycles. The lowest BCUT2D eigenvalue weighted by Gasteiger charge is -2.10. The van der Waals surface area contributed by atoms with Crippen LogP contribution in [0.1, 0.15) is 0 Å². The highest BCUT2D eigenvalue weighted by molar-refractivity contribution is 7.51. The Morgan fingerprint density at radius 3 is 2.55 bits per heavy atom. The van der Waals surface area contributed by atoms with Gasteiger partial charge in [0.25, 0.3) is 0 Å². The molecule has 2 heterocycles. The van der Waals surface area contributed by atoms with Gasteiger partial charge in [-0.25, -0.2) is 4.79 Å². The first-order valence-electron chi connectivity index (χ1n) is 6.14. The average Bonchev–Trinajstić information content (AvgIpc) is 2.45. The molecule has 22 heavy (non-hydrogen) atoms. The number of aromatic nitrogens is 4. The summed E-state index contributed by atoms with van der Waals surface area (Å²) in [5, 5.41) is 0. The summed E-state index contributed by atoms with van der Waals surface area (Å²) >= 11 is 0. The monoisotopic (exact) mass is 327 g/mol. The van der Waals surface area contributed by atoms with Crippen molar-refractivity contribution >= 4 is 13.5 Å². The van der Waals surface area contributed by atoms with Crippen molar-refractivity contribution in [2.45, 2.75) is 6.54 Å². The van der Waals surface area contributed by atoms with Crippen LogP contribution in [-0.2, 0) is 15.8 Å². The molecule has 0 radical (unpaired) electrons. The summed E-state index contributed by atoms with van der Waals surface area (Å²) in [6, 6.07) is 3.28. The summed E-state index contributed by atoms with van der Waals surface area (Å²) in [5.41, 5.74) is 5.69. The molecule has 0 amide bonds. The zero-order valence-corrected chi connectivity index (χ0v) is 12.3. The number of hydrogen-bond acceptors (Lipinski definition) is 7. The second kappa shape index (κ2) is 6.75. The van der Waals surface area contributed by atoms with Gasteiger partial charge in [0.15, 0.2) is 5.82 Å². The Kier molecular flexibility index (Phi) is 4.99. The molecule has 0 unspecified atom stereocenters. The van der Waals surface area contributed by atoms with Crippen molar-refractivity contribution in [3.05, 3.63) is 35.0 Å². The summed E-state index contributed by atoms with van der Waals surface area (Å²) in [4.78, 5) is 40.9. The van der Waals surface area contributed by atoms with Crippen LogP contribution in [0.25, 0.3) is 11.4 Å². The number of ether oxygens (including phenoxy) is 1. The van der Waals surface area contributed by atoms with Crippen LogP contribution in [0, 0.1) is 0 Å². The van der Waals surface area contributed by atoms with Gasteiger partial charge in [0.1, 0.15) is 6.35 Å². The predicted molar refractivity (Wildman–Crippen MR) is 76.8 cm³/mol. The van der Waals surface area contributed by atoms with E-state index in [1.165, 1.54) is 12.4 Å². The molecule has 0 atom stereocenters. The zero-order valence-electron chi connectivity index (χ0n) is 11.4. The quantitative estimate of drug-likeness (QED) is 0.467. The SMILES string of the molecule is Nc1nc(-c2ccncc2)nc(=O)n1CCOCP(=O)(O)O. The molecule has 2 aromatic heterocycles. The van der Waals surface area contributed by atoms with E-state index in [9.17, 15) is 9.36 Å². The Labute approximate surface area is 124 Å². The minimum Gasteiger partial charge on any atom is -0.369 e. The minimum absolute atomic E-state index is 0.0126. The molecule has 0 fully saturated rings. The zero-order chi connectivity index (χ0) is 16.2. The van der Waals surface area contributed by atoms with Gasteiger partial charge in [-0.2, -0.15) is 9.97 Å². The Bertz CT molecular complexity index is 744. The van der Waals surface area contributed by atoms with Crippen LogP contribution in [0.3, 0.4) is 0 Å². The molecule has 0 aliphatic rings. The number of hydrogen-bond donors (Lipinski definition) is 3. The van der Waals surface area contributed by atoms with Crippen LogP contribution in [0.4, 0.5) is 5.95 Å². The first-order valence-corrected chi connectivity index (χ1v) is 7.93. The Morgan fingerprint density at radius 2 is 1.95 bits per heavy atom. The maximum absolute atomic E-state index is 11.9.